The van der Waals surface area contributed by atoms with E-state index < -0.39 is 0 Å². The fraction of sp³-hybridized carbons (Fsp3) is 0.556. The standard InChI is InChI=1S/C27H37N5OS/c1-18-11-13-32(14-12-18)17-24-29-26(25-21-9-6-10-23(21)34-27(25)30-24)28-16-22(31(2)3)19-7-5-8-20(15-19)33-4/h5,7-8,15,18,22H,6,9-14,16-17H2,1-4H3,(H,28,29,30). The van der Waals surface area contributed by atoms with Crippen molar-refractivity contribution in [2.24, 2.45) is 5.92 Å². The molecular weight excluding hydrogens is 442 g/mol. The van der Waals surface area contributed by atoms with Crippen molar-refractivity contribution in [1.82, 2.24) is 19.8 Å². The van der Waals surface area contributed by atoms with Crippen LogP contribution < -0.4 is 10.1 Å². The van der Waals surface area contributed by atoms with Crippen molar-refractivity contribution in [2.75, 3.05) is 46.2 Å². The number of aromatic nitrogens is 2. The molecule has 5 rings (SSSR count). The van der Waals surface area contributed by atoms with Crippen molar-refractivity contribution in [3.8, 4) is 5.75 Å². The van der Waals surface area contributed by atoms with Crippen LogP contribution in [-0.4, -0.2) is 60.6 Å². The van der Waals surface area contributed by atoms with Crippen LogP contribution in [0.3, 0.4) is 0 Å². The van der Waals surface area contributed by atoms with Crippen molar-refractivity contribution in [3.05, 3.63) is 46.1 Å². The smallest absolute Gasteiger partial charge is 0.146 e. The summed E-state index contributed by atoms with van der Waals surface area (Å²) in [7, 11) is 5.99. The fourth-order valence-corrected chi connectivity index (χ4v) is 6.58. The van der Waals surface area contributed by atoms with Crippen LogP contribution in [0.1, 0.15) is 54.1 Å². The fourth-order valence-electron chi connectivity index (χ4n) is 5.30. The monoisotopic (exact) mass is 479 g/mol. The highest BCUT2D eigenvalue weighted by molar-refractivity contribution is 7.19. The number of likely N-dealkylation sites (tertiary alicyclic amines) is 1. The highest BCUT2D eigenvalue weighted by atomic mass is 32.1. The number of anilines is 1. The number of likely N-dealkylation sites (N-methyl/N-ethyl adjacent to an activating group) is 1. The van der Waals surface area contributed by atoms with Crippen LogP contribution in [-0.2, 0) is 19.4 Å². The maximum atomic E-state index is 5.48. The second-order valence-electron chi connectivity index (χ2n) is 10.1. The van der Waals surface area contributed by atoms with Crippen molar-refractivity contribution >= 4 is 27.4 Å². The summed E-state index contributed by atoms with van der Waals surface area (Å²) in [5.41, 5.74) is 2.71. The third-order valence-corrected chi connectivity index (χ3v) is 8.60. The normalized spacial score (nSPS) is 17.9. The number of aryl methyl sites for hydroxylation is 2. The van der Waals surface area contributed by atoms with E-state index in [1.807, 2.05) is 17.4 Å². The maximum absolute atomic E-state index is 5.48. The number of methoxy groups -OCH3 is 1. The molecule has 182 valence electrons. The van der Waals surface area contributed by atoms with Crippen molar-refractivity contribution in [2.45, 2.75) is 51.6 Å². The van der Waals surface area contributed by atoms with Crippen molar-refractivity contribution in [1.29, 1.82) is 0 Å². The number of piperidine rings is 1. The minimum absolute atomic E-state index is 0.207. The molecule has 2 aromatic heterocycles. The first-order chi connectivity index (χ1) is 16.5. The number of rotatable bonds is 8. The molecule has 2 aliphatic rings. The van der Waals surface area contributed by atoms with E-state index in [9.17, 15) is 0 Å². The minimum Gasteiger partial charge on any atom is -0.497 e. The summed E-state index contributed by atoms with van der Waals surface area (Å²) in [5.74, 6) is 3.69. The average Bonchev–Trinajstić information content (AvgIpc) is 3.42. The molecule has 3 aromatic rings. The molecule has 1 atom stereocenters. The lowest BCUT2D eigenvalue weighted by Crippen LogP contribution is -2.33. The highest BCUT2D eigenvalue weighted by Gasteiger charge is 2.24. The van der Waals surface area contributed by atoms with Gasteiger partial charge in [-0.05, 0) is 88.5 Å². The molecule has 0 saturated carbocycles. The molecule has 1 fully saturated rings. The van der Waals surface area contributed by atoms with E-state index >= 15 is 0 Å². The zero-order chi connectivity index (χ0) is 23.7. The first kappa shape index (κ1) is 23.5. The predicted octanol–water partition coefficient (Wildman–Crippen LogP) is 5.14. The molecule has 1 aliphatic carbocycles. The van der Waals surface area contributed by atoms with Crippen LogP contribution >= 0.6 is 11.3 Å². The first-order valence-electron chi connectivity index (χ1n) is 12.6. The summed E-state index contributed by atoms with van der Waals surface area (Å²) in [6, 6.07) is 8.58. The molecule has 1 aliphatic heterocycles. The van der Waals surface area contributed by atoms with Gasteiger partial charge in [-0.25, -0.2) is 9.97 Å². The molecule has 7 heteroatoms. The van der Waals surface area contributed by atoms with Gasteiger partial charge < -0.3 is 15.0 Å². The van der Waals surface area contributed by atoms with Gasteiger partial charge in [0.15, 0.2) is 0 Å². The Morgan fingerprint density at radius 2 is 2.03 bits per heavy atom. The van der Waals surface area contributed by atoms with Gasteiger partial charge in [0.1, 0.15) is 22.2 Å². The molecule has 1 unspecified atom stereocenters. The van der Waals surface area contributed by atoms with Crippen LogP contribution in [0.5, 0.6) is 5.75 Å². The van der Waals surface area contributed by atoms with Gasteiger partial charge in [0.2, 0.25) is 0 Å². The number of ether oxygens (including phenoxy) is 1. The Hall–Kier alpha value is -2.22. The third-order valence-electron chi connectivity index (χ3n) is 7.42. The quantitative estimate of drug-likeness (QED) is 0.483. The Balaban J connectivity index is 1.43. The van der Waals surface area contributed by atoms with E-state index in [0.717, 1.165) is 60.7 Å². The molecule has 34 heavy (non-hydrogen) atoms. The number of nitrogens with zero attached hydrogens (tertiary/aromatic N) is 4. The van der Waals surface area contributed by atoms with Crippen LogP contribution in [0.2, 0.25) is 0 Å². The number of fused-ring (bicyclic) bond motifs is 3. The average molecular weight is 480 g/mol. The SMILES string of the molecule is COc1cccc(C(CNc2nc(CN3CCC(C)CC3)nc3sc4c(c23)CCC4)N(C)C)c1. The molecule has 0 radical (unpaired) electrons. The van der Waals surface area contributed by atoms with E-state index in [1.165, 1.54) is 47.1 Å². The Labute approximate surface area is 207 Å². The third kappa shape index (κ3) is 4.92. The van der Waals surface area contributed by atoms with Crippen LogP contribution in [0, 0.1) is 5.92 Å². The lowest BCUT2D eigenvalue weighted by Gasteiger charge is -2.29. The van der Waals surface area contributed by atoms with Crippen LogP contribution in [0.4, 0.5) is 5.82 Å². The summed E-state index contributed by atoms with van der Waals surface area (Å²) in [6.45, 7) is 6.26. The molecule has 1 N–H and O–H groups in total. The Morgan fingerprint density at radius 3 is 2.79 bits per heavy atom. The topological polar surface area (TPSA) is 53.5 Å². The van der Waals surface area contributed by atoms with E-state index in [1.54, 1.807) is 7.11 Å². The minimum atomic E-state index is 0.207. The van der Waals surface area contributed by atoms with E-state index in [4.69, 9.17) is 14.7 Å². The molecule has 1 aromatic carbocycles. The van der Waals surface area contributed by atoms with Gasteiger partial charge in [-0.2, -0.15) is 0 Å². The van der Waals surface area contributed by atoms with Crippen LogP contribution in [0.25, 0.3) is 10.2 Å². The van der Waals surface area contributed by atoms with E-state index in [0.29, 0.717) is 0 Å². The van der Waals surface area contributed by atoms with Gasteiger partial charge in [-0.15, -0.1) is 11.3 Å². The highest BCUT2D eigenvalue weighted by Crippen LogP contribution is 2.40. The van der Waals surface area contributed by atoms with Gasteiger partial charge in [0.25, 0.3) is 0 Å². The first-order valence-corrected chi connectivity index (χ1v) is 13.4. The Kier molecular flexibility index (Phi) is 7.04. The molecule has 0 bridgehead atoms. The zero-order valence-electron chi connectivity index (χ0n) is 20.9. The number of hydrogen-bond donors (Lipinski definition) is 1. The van der Waals surface area contributed by atoms with E-state index in [-0.39, 0.29) is 6.04 Å². The van der Waals surface area contributed by atoms with Crippen molar-refractivity contribution in [3.63, 3.8) is 0 Å². The zero-order valence-corrected chi connectivity index (χ0v) is 21.7. The number of benzene rings is 1. The molecule has 0 spiro atoms. The summed E-state index contributed by atoms with van der Waals surface area (Å²) in [6.07, 6.45) is 6.11. The van der Waals surface area contributed by atoms with Gasteiger partial charge in [-0.1, -0.05) is 19.1 Å². The maximum Gasteiger partial charge on any atom is 0.146 e. The van der Waals surface area contributed by atoms with Gasteiger partial charge in [0, 0.05) is 11.4 Å². The van der Waals surface area contributed by atoms with Crippen LogP contribution in [0.15, 0.2) is 24.3 Å². The summed E-state index contributed by atoms with van der Waals surface area (Å²) in [5, 5.41) is 5.02. The van der Waals surface area contributed by atoms with Gasteiger partial charge in [0.05, 0.1) is 25.1 Å². The summed E-state index contributed by atoms with van der Waals surface area (Å²) < 4.78 is 5.48. The molecule has 0 amide bonds. The number of hydrogen-bond acceptors (Lipinski definition) is 7. The summed E-state index contributed by atoms with van der Waals surface area (Å²) in [4.78, 5) is 17.6. The van der Waals surface area contributed by atoms with Gasteiger partial charge >= 0.3 is 0 Å². The summed E-state index contributed by atoms with van der Waals surface area (Å²) >= 11 is 1.88. The second kappa shape index (κ2) is 10.2. The second-order valence-corrected chi connectivity index (χ2v) is 11.2. The molecule has 3 heterocycles. The lowest BCUT2D eigenvalue weighted by atomic mass is 9.99. The predicted molar refractivity (Wildman–Crippen MR) is 141 cm³/mol. The van der Waals surface area contributed by atoms with Gasteiger partial charge in [-0.3, -0.25) is 4.90 Å². The molecular formula is C27H37N5OS. The lowest BCUT2D eigenvalue weighted by molar-refractivity contribution is 0.181. The Bertz CT molecular complexity index is 1140. The van der Waals surface area contributed by atoms with E-state index in [2.05, 4.69) is 54.3 Å². The molecule has 6 nitrogen and oxygen atoms in total. The largest absolute Gasteiger partial charge is 0.497 e. The number of thiophene rings is 1. The number of nitrogens with one attached hydrogen (secondary N) is 1. The molecule has 1 saturated heterocycles. The van der Waals surface area contributed by atoms with Crippen molar-refractivity contribution < 1.29 is 4.74 Å². The Morgan fingerprint density at radius 1 is 1.21 bits per heavy atom.